The van der Waals surface area contributed by atoms with Crippen molar-refractivity contribution in [3.8, 4) is 6.07 Å². The van der Waals surface area contributed by atoms with Crippen LogP contribution in [0.4, 0.5) is 13.2 Å². The van der Waals surface area contributed by atoms with Gasteiger partial charge in [0.25, 0.3) is 0 Å². The summed E-state index contributed by atoms with van der Waals surface area (Å²) < 4.78 is 38.5. The molecule has 0 aromatic heterocycles. The lowest BCUT2D eigenvalue weighted by molar-refractivity contribution is -0.148. The summed E-state index contributed by atoms with van der Waals surface area (Å²) >= 11 is 0. The summed E-state index contributed by atoms with van der Waals surface area (Å²) in [5.41, 5.74) is 0.952. The minimum Gasteiger partial charge on any atom is -0.314 e. The number of nitriles is 1. The summed E-state index contributed by atoms with van der Waals surface area (Å²) in [7, 11) is 0. The van der Waals surface area contributed by atoms with E-state index in [9.17, 15) is 13.2 Å². The summed E-state index contributed by atoms with van der Waals surface area (Å²) in [6, 6.07) is 7.72. The van der Waals surface area contributed by atoms with Gasteiger partial charge in [0.2, 0.25) is 0 Å². The molecule has 20 heavy (non-hydrogen) atoms. The number of halogens is 3. The summed E-state index contributed by atoms with van der Waals surface area (Å²) in [5.74, 6) is 0. The van der Waals surface area contributed by atoms with E-state index >= 15 is 0 Å². The summed E-state index contributed by atoms with van der Waals surface area (Å²) in [6.45, 7) is 2.54. The maximum Gasteiger partial charge on any atom is 0.390 e. The molecule has 1 aliphatic rings. The van der Waals surface area contributed by atoms with Crippen LogP contribution in [0.5, 0.6) is 0 Å². The molecule has 0 bridgehead atoms. The molecule has 1 atom stereocenters. The Bertz CT molecular complexity index is 487. The Morgan fingerprint density at radius 3 is 2.60 bits per heavy atom. The second kappa shape index (κ2) is 6.25. The molecule has 0 saturated carbocycles. The van der Waals surface area contributed by atoms with Crippen LogP contribution in [0.2, 0.25) is 0 Å². The molecule has 1 N–H and O–H groups in total. The van der Waals surface area contributed by atoms with Crippen molar-refractivity contribution in [3.63, 3.8) is 0 Å². The first-order valence-electron chi connectivity index (χ1n) is 6.51. The van der Waals surface area contributed by atoms with Crippen LogP contribution >= 0.6 is 0 Å². The van der Waals surface area contributed by atoms with E-state index in [2.05, 4.69) is 5.32 Å². The third-order valence-corrected chi connectivity index (χ3v) is 3.42. The van der Waals surface area contributed by atoms with Gasteiger partial charge in [-0.15, -0.1) is 0 Å². The average molecular weight is 283 g/mol. The predicted octanol–water partition coefficient (Wildman–Crippen LogP) is 2.46. The second-order valence-corrected chi connectivity index (χ2v) is 4.86. The third kappa shape index (κ3) is 3.95. The predicted molar refractivity (Wildman–Crippen MR) is 69.0 cm³/mol. The minimum absolute atomic E-state index is 0.393. The Balaban J connectivity index is 2.27. The van der Waals surface area contributed by atoms with Gasteiger partial charge in [-0.3, -0.25) is 4.90 Å². The summed E-state index contributed by atoms with van der Waals surface area (Å²) in [5, 5.41) is 12.0. The van der Waals surface area contributed by atoms with Crippen molar-refractivity contribution >= 4 is 0 Å². The Labute approximate surface area is 116 Å². The lowest BCUT2D eigenvalue weighted by atomic mass is 9.99. The van der Waals surface area contributed by atoms with Crippen LogP contribution in [0.1, 0.15) is 23.6 Å². The number of nitrogens with zero attached hydrogens (tertiary/aromatic N) is 2. The molecule has 0 radical (unpaired) electrons. The van der Waals surface area contributed by atoms with Gasteiger partial charge >= 0.3 is 6.18 Å². The van der Waals surface area contributed by atoms with E-state index in [-0.39, 0.29) is 0 Å². The number of nitrogens with one attached hydrogen (secondary N) is 1. The SMILES string of the molecule is N#Cc1cccc([C@@H](CC(F)(F)F)N2CCNCC2)c1. The summed E-state index contributed by atoms with van der Waals surface area (Å²) in [4.78, 5) is 1.83. The molecule has 0 unspecified atom stereocenters. The lowest BCUT2D eigenvalue weighted by Gasteiger charge is -2.35. The van der Waals surface area contributed by atoms with Crippen LogP contribution in [0, 0.1) is 11.3 Å². The van der Waals surface area contributed by atoms with Crippen LogP contribution in [0.25, 0.3) is 0 Å². The van der Waals surface area contributed by atoms with Gasteiger partial charge in [0.1, 0.15) is 0 Å². The Hall–Kier alpha value is -1.58. The maximum absolute atomic E-state index is 12.8. The Kier molecular flexibility index (Phi) is 4.63. The van der Waals surface area contributed by atoms with Gasteiger partial charge in [0.05, 0.1) is 18.1 Å². The molecule has 1 fully saturated rings. The largest absolute Gasteiger partial charge is 0.390 e. The van der Waals surface area contributed by atoms with Crippen molar-refractivity contribution in [2.75, 3.05) is 26.2 Å². The quantitative estimate of drug-likeness (QED) is 0.926. The second-order valence-electron chi connectivity index (χ2n) is 4.86. The Morgan fingerprint density at radius 1 is 1.30 bits per heavy atom. The molecule has 108 valence electrons. The van der Waals surface area contributed by atoms with E-state index in [0.29, 0.717) is 37.3 Å². The maximum atomic E-state index is 12.8. The van der Waals surface area contributed by atoms with E-state index in [1.54, 1.807) is 24.3 Å². The topological polar surface area (TPSA) is 39.1 Å². The number of piperazine rings is 1. The molecule has 6 heteroatoms. The number of hydrogen-bond donors (Lipinski definition) is 1. The van der Waals surface area contributed by atoms with Crippen molar-refractivity contribution in [1.82, 2.24) is 10.2 Å². The molecular weight excluding hydrogens is 267 g/mol. The highest BCUT2D eigenvalue weighted by Gasteiger charge is 2.35. The van der Waals surface area contributed by atoms with Crippen molar-refractivity contribution in [2.45, 2.75) is 18.6 Å². The third-order valence-electron chi connectivity index (χ3n) is 3.42. The molecule has 3 nitrogen and oxygen atoms in total. The van der Waals surface area contributed by atoms with E-state index in [0.717, 1.165) is 0 Å². The standard InChI is InChI=1S/C14H16F3N3/c15-14(16,17)9-13(20-6-4-19-5-7-20)12-3-1-2-11(8-12)10-18/h1-3,8,13,19H,4-7,9H2/t13-/m1/s1. The molecule has 1 aromatic rings. The van der Waals surface area contributed by atoms with Gasteiger partial charge in [-0.05, 0) is 17.7 Å². The van der Waals surface area contributed by atoms with E-state index in [1.807, 2.05) is 11.0 Å². The van der Waals surface area contributed by atoms with Gasteiger partial charge in [-0.2, -0.15) is 18.4 Å². The monoisotopic (exact) mass is 283 g/mol. The van der Waals surface area contributed by atoms with Crippen LogP contribution in [-0.4, -0.2) is 37.3 Å². The van der Waals surface area contributed by atoms with Crippen LogP contribution in [0.3, 0.4) is 0 Å². The number of hydrogen-bond acceptors (Lipinski definition) is 3. The fourth-order valence-corrected chi connectivity index (χ4v) is 2.49. The molecular formula is C14H16F3N3. The van der Waals surface area contributed by atoms with Crippen molar-refractivity contribution in [1.29, 1.82) is 5.26 Å². The molecule has 0 amide bonds. The first-order chi connectivity index (χ1) is 9.49. The molecule has 2 rings (SSSR count). The van der Waals surface area contributed by atoms with E-state index in [1.165, 1.54) is 0 Å². The van der Waals surface area contributed by atoms with Gasteiger partial charge in [0.15, 0.2) is 0 Å². The highest BCUT2D eigenvalue weighted by Crippen LogP contribution is 2.34. The first kappa shape index (κ1) is 14.8. The fraction of sp³-hybridized carbons (Fsp3) is 0.500. The van der Waals surface area contributed by atoms with Gasteiger partial charge in [0, 0.05) is 32.2 Å². The molecule has 0 spiro atoms. The van der Waals surface area contributed by atoms with Crippen molar-refractivity contribution < 1.29 is 13.2 Å². The average Bonchev–Trinajstić information content (AvgIpc) is 2.45. The fourth-order valence-electron chi connectivity index (χ4n) is 2.49. The molecule has 1 aliphatic heterocycles. The number of benzene rings is 1. The highest BCUT2D eigenvalue weighted by molar-refractivity contribution is 5.34. The number of alkyl halides is 3. The molecule has 1 heterocycles. The normalized spacial score (nSPS) is 18.5. The smallest absolute Gasteiger partial charge is 0.314 e. The zero-order valence-electron chi connectivity index (χ0n) is 11.0. The molecule has 1 saturated heterocycles. The van der Waals surface area contributed by atoms with Gasteiger partial charge < -0.3 is 5.32 Å². The molecule has 0 aliphatic carbocycles. The zero-order valence-corrected chi connectivity index (χ0v) is 11.0. The number of rotatable bonds is 3. The van der Waals surface area contributed by atoms with Crippen LogP contribution in [0.15, 0.2) is 24.3 Å². The molecule has 1 aromatic carbocycles. The van der Waals surface area contributed by atoms with Crippen molar-refractivity contribution in [2.24, 2.45) is 0 Å². The van der Waals surface area contributed by atoms with E-state index in [4.69, 9.17) is 5.26 Å². The highest BCUT2D eigenvalue weighted by atomic mass is 19.4. The van der Waals surface area contributed by atoms with Gasteiger partial charge in [-0.1, -0.05) is 12.1 Å². The van der Waals surface area contributed by atoms with Crippen LogP contribution < -0.4 is 5.32 Å². The lowest BCUT2D eigenvalue weighted by Crippen LogP contribution is -2.46. The minimum atomic E-state index is -4.22. The first-order valence-corrected chi connectivity index (χ1v) is 6.51. The van der Waals surface area contributed by atoms with Crippen molar-refractivity contribution in [3.05, 3.63) is 35.4 Å². The van der Waals surface area contributed by atoms with Crippen LogP contribution in [-0.2, 0) is 0 Å². The van der Waals surface area contributed by atoms with E-state index < -0.39 is 18.6 Å². The summed E-state index contributed by atoms with van der Waals surface area (Å²) in [6.07, 6.45) is -5.11. The zero-order chi connectivity index (χ0) is 14.6. The van der Waals surface area contributed by atoms with Gasteiger partial charge in [-0.25, -0.2) is 0 Å². The Morgan fingerprint density at radius 2 is 2.00 bits per heavy atom.